The molecule has 0 atom stereocenters. The Balaban J connectivity index is 1.83. The maximum Gasteiger partial charge on any atom is 0.270 e. The molecule has 130 valence electrons. The van der Waals surface area contributed by atoms with E-state index in [0.29, 0.717) is 37.6 Å². The molecule has 1 N–H and O–H groups in total. The second-order valence-electron chi connectivity index (χ2n) is 5.44. The van der Waals surface area contributed by atoms with Crippen LogP contribution in [-0.2, 0) is 9.53 Å². The van der Waals surface area contributed by atoms with Gasteiger partial charge in [-0.25, -0.2) is 0 Å². The van der Waals surface area contributed by atoms with E-state index < -0.39 is 0 Å². The lowest BCUT2D eigenvalue weighted by molar-refractivity contribution is -0.131. The largest absolute Gasteiger partial charge is 0.465 e. The third-order valence-corrected chi connectivity index (χ3v) is 4.19. The Morgan fingerprint density at radius 3 is 2.64 bits per heavy atom. The molecule has 0 unspecified atom stereocenters. The molecule has 0 saturated carbocycles. The van der Waals surface area contributed by atoms with E-state index in [0.717, 1.165) is 4.47 Å². The molecule has 1 aromatic heterocycles. The van der Waals surface area contributed by atoms with Crippen LogP contribution in [-0.4, -0.2) is 43.0 Å². The first kappa shape index (κ1) is 17.4. The molecule has 25 heavy (non-hydrogen) atoms. The van der Waals surface area contributed by atoms with Crippen molar-refractivity contribution < 1.29 is 18.7 Å². The highest BCUT2D eigenvalue weighted by molar-refractivity contribution is 9.10. The normalized spacial score (nSPS) is 15.1. The zero-order valence-corrected chi connectivity index (χ0v) is 15.0. The molecule has 0 aliphatic carbocycles. The number of nitrogens with one attached hydrogen (secondary N) is 1. The Morgan fingerprint density at radius 2 is 1.96 bits per heavy atom. The van der Waals surface area contributed by atoms with E-state index >= 15 is 0 Å². The fraction of sp³-hybridized carbons (Fsp3) is 0.222. The number of morpholine rings is 1. The van der Waals surface area contributed by atoms with Crippen molar-refractivity contribution in [3.05, 3.63) is 64.2 Å². The molecule has 1 fully saturated rings. The molecule has 6 nitrogen and oxygen atoms in total. The number of amides is 2. The van der Waals surface area contributed by atoms with Gasteiger partial charge in [-0.3, -0.25) is 9.59 Å². The summed E-state index contributed by atoms with van der Waals surface area (Å²) in [5.41, 5.74) is 0.622. The minimum absolute atomic E-state index is 0.168. The van der Waals surface area contributed by atoms with Crippen molar-refractivity contribution in [3.8, 4) is 0 Å². The fourth-order valence-corrected chi connectivity index (χ4v) is 2.83. The van der Waals surface area contributed by atoms with E-state index in [1.54, 1.807) is 35.2 Å². The highest BCUT2D eigenvalue weighted by atomic mass is 79.9. The van der Waals surface area contributed by atoms with Gasteiger partial charge in [0.15, 0.2) is 0 Å². The minimum Gasteiger partial charge on any atom is -0.465 e. The van der Waals surface area contributed by atoms with Crippen LogP contribution in [0, 0.1) is 0 Å². The van der Waals surface area contributed by atoms with Gasteiger partial charge in [0, 0.05) is 29.2 Å². The fourth-order valence-electron chi connectivity index (χ4n) is 2.43. The monoisotopic (exact) mass is 404 g/mol. The summed E-state index contributed by atoms with van der Waals surface area (Å²) in [5, 5.41) is 2.71. The molecule has 3 rings (SSSR count). The van der Waals surface area contributed by atoms with Gasteiger partial charge in [0.05, 0.1) is 19.5 Å². The van der Waals surface area contributed by atoms with Gasteiger partial charge in [-0.15, -0.1) is 0 Å². The van der Waals surface area contributed by atoms with Crippen molar-refractivity contribution >= 4 is 33.8 Å². The van der Waals surface area contributed by atoms with Crippen LogP contribution in [0.2, 0.25) is 0 Å². The van der Waals surface area contributed by atoms with Crippen LogP contribution in [0.4, 0.5) is 0 Å². The first-order chi connectivity index (χ1) is 12.1. The Bertz CT molecular complexity index is 780. The van der Waals surface area contributed by atoms with Gasteiger partial charge in [-0.2, -0.15) is 0 Å². The Hall–Kier alpha value is -2.38. The summed E-state index contributed by atoms with van der Waals surface area (Å²) < 4.78 is 11.3. The lowest BCUT2D eigenvalue weighted by Gasteiger charge is -2.27. The van der Waals surface area contributed by atoms with Crippen molar-refractivity contribution in [1.82, 2.24) is 10.2 Å². The van der Waals surface area contributed by atoms with E-state index in [-0.39, 0.29) is 17.5 Å². The second kappa shape index (κ2) is 8.13. The first-order valence-corrected chi connectivity index (χ1v) is 8.62. The van der Waals surface area contributed by atoms with Crippen molar-refractivity contribution in [2.75, 3.05) is 26.3 Å². The zero-order chi connectivity index (χ0) is 17.6. The van der Waals surface area contributed by atoms with Gasteiger partial charge in [0.25, 0.3) is 11.8 Å². The van der Waals surface area contributed by atoms with Gasteiger partial charge in [-0.05, 0) is 30.3 Å². The lowest BCUT2D eigenvalue weighted by Crippen LogP contribution is -2.44. The maximum absolute atomic E-state index is 12.8. The minimum atomic E-state index is -0.360. The molecule has 2 aromatic rings. The Labute approximate surface area is 153 Å². The number of halogens is 1. The molecule has 1 aromatic carbocycles. The third kappa shape index (κ3) is 4.58. The Kier molecular flexibility index (Phi) is 5.67. The number of benzene rings is 1. The molecular formula is C18H17BrN2O4. The number of hydrogen-bond acceptors (Lipinski definition) is 4. The number of hydrogen-bond donors (Lipinski definition) is 1. The van der Waals surface area contributed by atoms with E-state index in [1.165, 1.54) is 12.3 Å². The van der Waals surface area contributed by atoms with Crippen LogP contribution in [0.25, 0.3) is 6.08 Å². The summed E-state index contributed by atoms with van der Waals surface area (Å²) >= 11 is 3.34. The number of furan rings is 1. The van der Waals surface area contributed by atoms with E-state index in [1.807, 2.05) is 6.07 Å². The molecular weight excluding hydrogens is 388 g/mol. The molecule has 2 heterocycles. The number of rotatable bonds is 4. The number of carbonyl (C=O) groups is 2. The second-order valence-corrected chi connectivity index (χ2v) is 6.36. The standard InChI is InChI=1S/C18H17BrN2O4/c19-14-4-1-3-13(11-14)17(22)20-16(12-15-5-2-8-25-15)18(23)21-6-9-24-10-7-21/h1-5,8,11-12H,6-7,9-10H2,(H,20,22)/b16-12-. The van der Waals surface area contributed by atoms with Gasteiger partial charge in [-0.1, -0.05) is 22.0 Å². The number of ether oxygens (including phenoxy) is 1. The zero-order valence-electron chi connectivity index (χ0n) is 13.4. The quantitative estimate of drug-likeness (QED) is 0.795. The molecule has 0 bridgehead atoms. The topological polar surface area (TPSA) is 71.8 Å². The summed E-state index contributed by atoms with van der Waals surface area (Å²) in [4.78, 5) is 27.0. The van der Waals surface area contributed by atoms with E-state index in [2.05, 4.69) is 21.2 Å². The predicted molar refractivity (Wildman–Crippen MR) is 95.7 cm³/mol. The summed E-state index contributed by atoms with van der Waals surface area (Å²) in [5.74, 6) is -0.130. The predicted octanol–water partition coefficient (Wildman–Crippen LogP) is 2.67. The smallest absolute Gasteiger partial charge is 0.270 e. The molecule has 7 heteroatoms. The molecule has 0 spiro atoms. The lowest BCUT2D eigenvalue weighted by atomic mass is 10.2. The SMILES string of the molecule is O=C(N/C(=C\c1ccco1)C(=O)N1CCOCC1)c1cccc(Br)c1. The van der Waals surface area contributed by atoms with Crippen molar-refractivity contribution in [2.45, 2.75) is 0 Å². The van der Waals surface area contributed by atoms with Crippen LogP contribution in [0.5, 0.6) is 0 Å². The summed E-state index contributed by atoms with van der Waals surface area (Å²) in [6, 6.07) is 10.4. The van der Waals surface area contributed by atoms with Crippen LogP contribution in [0.3, 0.4) is 0 Å². The number of carbonyl (C=O) groups excluding carboxylic acids is 2. The third-order valence-electron chi connectivity index (χ3n) is 3.69. The Morgan fingerprint density at radius 1 is 1.16 bits per heavy atom. The van der Waals surface area contributed by atoms with Crippen molar-refractivity contribution in [3.63, 3.8) is 0 Å². The number of nitrogens with zero attached hydrogens (tertiary/aromatic N) is 1. The van der Waals surface area contributed by atoms with Crippen LogP contribution < -0.4 is 5.32 Å². The van der Waals surface area contributed by atoms with E-state index in [4.69, 9.17) is 9.15 Å². The van der Waals surface area contributed by atoms with Gasteiger partial charge < -0.3 is 19.4 Å². The molecule has 1 saturated heterocycles. The van der Waals surface area contributed by atoms with Gasteiger partial charge in [0.1, 0.15) is 11.5 Å². The molecule has 2 amide bonds. The highest BCUT2D eigenvalue weighted by Crippen LogP contribution is 2.14. The van der Waals surface area contributed by atoms with E-state index in [9.17, 15) is 9.59 Å². The summed E-state index contributed by atoms with van der Waals surface area (Å²) in [7, 11) is 0. The molecule has 1 aliphatic rings. The van der Waals surface area contributed by atoms with Crippen LogP contribution >= 0.6 is 15.9 Å². The molecule has 1 aliphatic heterocycles. The highest BCUT2D eigenvalue weighted by Gasteiger charge is 2.23. The molecule has 0 radical (unpaired) electrons. The van der Waals surface area contributed by atoms with Crippen molar-refractivity contribution in [1.29, 1.82) is 0 Å². The van der Waals surface area contributed by atoms with Gasteiger partial charge >= 0.3 is 0 Å². The first-order valence-electron chi connectivity index (χ1n) is 7.82. The van der Waals surface area contributed by atoms with Crippen LogP contribution in [0.1, 0.15) is 16.1 Å². The summed E-state index contributed by atoms with van der Waals surface area (Å²) in [6.45, 7) is 1.95. The van der Waals surface area contributed by atoms with Crippen LogP contribution in [0.15, 0.2) is 57.2 Å². The van der Waals surface area contributed by atoms with Gasteiger partial charge in [0.2, 0.25) is 0 Å². The van der Waals surface area contributed by atoms with Crippen molar-refractivity contribution in [2.24, 2.45) is 0 Å². The summed E-state index contributed by atoms with van der Waals surface area (Å²) in [6.07, 6.45) is 3.05. The average Bonchev–Trinajstić information content (AvgIpc) is 3.14. The average molecular weight is 405 g/mol. The maximum atomic E-state index is 12.8.